The largest absolute Gasteiger partial charge is 0.384 e. The van der Waals surface area contributed by atoms with Gasteiger partial charge in [0.1, 0.15) is 0 Å². The normalized spacial score (nSPS) is 20.4. The third kappa shape index (κ3) is 3.67. The van der Waals surface area contributed by atoms with Gasteiger partial charge in [0.25, 0.3) is 0 Å². The van der Waals surface area contributed by atoms with Gasteiger partial charge >= 0.3 is 0 Å². The number of methoxy groups -OCH3 is 1. The van der Waals surface area contributed by atoms with Crippen molar-refractivity contribution in [1.29, 1.82) is 0 Å². The van der Waals surface area contributed by atoms with E-state index in [0.29, 0.717) is 5.92 Å². The van der Waals surface area contributed by atoms with Crippen LogP contribution in [0.3, 0.4) is 0 Å². The van der Waals surface area contributed by atoms with E-state index in [9.17, 15) is 0 Å². The minimum Gasteiger partial charge on any atom is -0.384 e. The van der Waals surface area contributed by atoms with Crippen LogP contribution in [-0.4, -0.2) is 43.0 Å². The SMILES string of the molecule is COCC1CCN(c2ccc(CNC3CC3)nn2)CC1. The summed E-state index contributed by atoms with van der Waals surface area (Å²) in [4.78, 5) is 2.33. The van der Waals surface area contributed by atoms with Crippen LogP contribution < -0.4 is 10.2 Å². The minimum atomic E-state index is 0.700. The average Bonchev–Trinajstić information content (AvgIpc) is 3.31. The number of nitrogens with zero attached hydrogens (tertiary/aromatic N) is 3. The molecule has 20 heavy (non-hydrogen) atoms. The zero-order chi connectivity index (χ0) is 13.8. The second kappa shape index (κ2) is 6.50. The molecule has 1 aliphatic heterocycles. The number of rotatable bonds is 6. The average molecular weight is 276 g/mol. The molecule has 0 aromatic carbocycles. The molecule has 0 bridgehead atoms. The van der Waals surface area contributed by atoms with Crippen LogP contribution in [0.1, 0.15) is 31.4 Å². The van der Waals surface area contributed by atoms with E-state index >= 15 is 0 Å². The summed E-state index contributed by atoms with van der Waals surface area (Å²) in [5.74, 6) is 1.71. The number of ether oxygens (including phenoxy) is 1. The van der Waals surface area contributed by atoms with E-state index in [0.717, 1.165) is 43.8 Å². The molecular weight excluding hydrogens is 252 g/mol. The zero-order valence-electron chi connectivity index (χ0n) is 12.2. The van der Waals surface area contributed by atoms with Crippen LogP contribution in [0.25, 0.3) is 0 Å². The minimum absolute atomic E-state index is 0.700. The summed E-state index contributed by atoms with van der Waals surface area (Å²) in [6, 6.07) is 4.92. The third-order valence-corrected chi connectivity index (χ3v) is 4.20. The van der Waals surface area contributed by atoms with E-state index in [-0.39, 0.29) is 0 Å². The lowest BCUT2D eigenvalue weighted by Gasteiger charge is -2.32. The second-order valence-corrected chi connectivity index (χ2v) is 5.92. The molecule has 1 N–H and O–H groups in total. The van der Waals surface area contributed by atoms with Gasteiger partial charge in [-0.1, -0.05) is 0 Å². The van der Waals surface area contributed by atoms with Crippen molar-refractivity contribution in [3.05, 3.63) is 17.8 Å². The van der Waals surface area contributed by atoms with E-state index in [2.05, 4.69) is 32.5 Å². The Morgan fingerprint density at radius 3 is 2.60 bits per heavy atom. The molecule has 0 spiro atoms. The highest BCUT2D eigenvalue weighted by Crippen LogP contribution is 2.22. The summed E-state index contributed by atoms with van der Waals surface area (Å²) < 4.78 is 5.24. The Morgan fingerprint density at radius 2 is 2.00 bits per heavy atom. The Kier molecular flexibility index (Phi) is 4.47. The molecule has 1 aromatic heterocycles. The molecule has 1 aromatic rings. The van der Waals surface area contributed by atoms with Crippen LogP contribution in [0.4, 0.5) is 5.82 Å². The van der Waals surface area contributed by atoms with Crippen LogP contribution in [0.5, 0.6) is 0 Å². The first-order valence-electron chi connectivity index (χ1n) is 7.65. The molecule has 0 atom stereocenters. The molecule has 110 valence electrons. The van der Waals surface area contributed by atoms with E-state index in [4.69, 9.17) is 4.74 Å². The molecule has 1 saturated heterocycles. The van der Waals surface area contributed by atoms with Crippen molar-refractivity contribution in [2.45, 2.75) is 38.3 Å². The van der Waals surface area contributed by atoms with Gasteiger partial charge in [0.15, 0.2) is 5.82 Å². The van der Waals surface area contributed by atoms with E-state index in [1.54, 1.807) is 7.11 Å². The van der Waals surface area contributed by atoms with Crippen molar-refractivity contribution < 1.29 is 4.74 Å². The third-order valence-electron chi connectivity index (χ3n) is 4.20. The number of nitrogens with one attached hydrogen (secondary N) is 1. The van der Waals surface area contributed by atoms with Crippen LogP contribution in [0, 0.1) is 5.92 Å². The lowest BCUT2D eigenvalue weighted by atomic mass is 9.98. The van der Waals surface area contributed by atoms with Gasteiger partial charge < -0.3 is 15.0 Å². The number of aromatic nitrogens is 2. The first-order chi connectivity index (χ1) is 9.85. The lowest BCUT2D eigenvalue weighted by molar-refractivity contribution is 0.139. The zero-order valence-corrected chi connectivity index (χ0v) is 12.2. The van der Waals surface area contributed by atoms with E-state index in [1.165, 1.54) is 25.7 Å². The Hall–Kier alpha value is -1.20. The number of piperidine rings is 1. The topological polar surface area (TPSA) is 50.3 Å². The fourth-order valence-corrected chi connectivity index (χ4v) is 2.72. The quantitative estimate of drug-likeness (QED) is 0.855. The van der Waals surface area contributed by atoms with Crippen molar-refractivity contribution >= 4 is 5.82 Å². The fraction of sp³-hybridized carbons (Fsp3) is 0.733. The van der Waals surface area contributed by atoms with Gasteiger partial charge in [0.2, 0.25) is 0 Å². The predicted octanol–water partition coefficient (Wildman–Crippen LogP) is 1.59. The Balaban J connectivity index is 1.49. The Bertz CT molecular complexity index is 410. The maximum atomic E-state index is 5.24. The maximum Gasteiger partial charge on any atom is 0.151 e. The molecule has 5 nitrogen and oxygen atoms in total. The first-order valence-corrected chi connectivity index (χ1v) is 7.65. The van der Waals surface area contributed by atoms with Crippen molar-refractivity contribution in [2.75, 3.05) is 31.7 Å². The molecule has 5 heteroatoms. The molecule has 1 aliphatic carbocycles. The fourth-order valence-electron chi connectivity index (χ4n) is 2.72. The summed E-state index contributed by atoms with van der Waals surface area (Å²) in [6.07, 6.45) is 4.98. The summed E-state index contributed by atoms with van der Waals surface area (Å²) in [7, 11) is 1.78. The van der Waals surface area contributed by atoms with Crippen molar-refractivity contribution in [2.24, 2.45) is 5.92 Å². The van der Waals surface area contributed by atoms with Gasteiger partial charge in [-0.3, -0.25) is 0 Å². The number of hydrogen-bond donors (Lipinski definition) is 1. The summed E-state index contributed by atoms with van der Waals surface area (Å²) in [5, 5.41) is 12.2. The molecule has 0 amide bonds. The molecule has 2 heterocycles. The van der Waals surface area contributed by atoms with Crippen molar-refractivity contribution in [3.63, 3.8) is 0 Å². The van der Waals surface area contributed by atoms with Crippen molar-refractivity contribution in [3.8, 4) is 0 Å². The highest BCUT2D eigenvalue weighted by molar-refractivity contribution is 5.37. The lowest BCUT2D eigenvalue weighted by Crippen LogP contribution is -2.35. The van der Waals surface area contributed by atoms with E-state index < -0.39 is 0 Å². The van der Waals surface area contributed by atoms with Gasteiger partial charge in [-0.15, -0.1) is 5.10 Å². The summed E-state index contributed by atoms with van der Waals surface area (Å²) in [6.45, 7) is 3.84. The van der Waals surface area contributed by atoms with Crippen LogP contribution >= 0.6 is 0 Å². The molecule has 0 unspecified atom stereocenters. The van der Waals surface area contributed by atoms with Crippen LogP contribution in [0.2, 0.25) is 0 Å². The predicted molar refractivity (Wildman–Crippen MR) is 78.7 cm³/mol. The standard InChI is InChI=1S/C15H24N4O/c1-20-11-12-6-8-19(9-7-12)15-5-4-14(17-18-15)10-16-13-2-3-13/h4-5,12-13,16H,2-3,6-11H2,1H3. The summed E-state index contributed by atoms with van der Waals surface area (Å²) >= 11 is 0. The van der Waals surface area contributed by atoms with Gasteiger partial charge in [0, 0.05) is 39.4 Å². The van der Waals surface area contributed by atoms with Gasteiger partial charge in [-0.2, -0.15) is 5.10 Å². The number of hydrogen-bond acceptors (Lipinski definition) is 5. The number of anilines is 1. The Labute approximate surface area is 120 Å². The van der Waals surface area contributed by atoms with Crippen LogP contribution in [0.15, 0.2) is 12.1 Å². The van der Waals surface area contributed by atoms with Gasteiger partial charge in [-0.25, -0.2) is 0 Å². The highest BCUT2D eigenvalue weighted by atomic mass is 16.5. The molecule has 1 saturated carbocycles. The van der Waals surface area contributed by atoms with Crippen molar-refractivity contribution in [1.82, 2.24) is 15.5 Å². The van der Waals surface area contributed by atoms with Gasteiger partial charge in [0.05, 0.1) is 5.69 Å². The molecule has 2 fully saturated rings. The van der Waals surface area contributed by atoms with E-state index in [1.807, 2.05) is 0 Å². The smallest absolute Gasteiger partial charge is 0.151 e. The Morgan fingerprint density at radius 1 is 1.20 bits per heavy atom. The highest BCUT2D eigenvalue weighted by Gasteiger charge is 2.21. The molecule has 0 radical (unpaired) electrons. The molecule has 3 rings (SSSR count). The summed E-state index contributed by atoms with van der Waals surface area (Å²) in [5.41, 5.74) is 1.04. The molecular formula is C15H24N4O. The monoisotopic (exact) mass is 276 g/mol. The molecule has 2 aliphatic rings. The first kappa shape index (κ1) is 13.8. The maximum absolute atomic E-state index is 5.24. The van der Waals surface area contributed by atoms with Gasteiger partial charge in [-0.05, 0) is 43.7 Å². The van der Waals surface area contributed by atoms with Crippen LogP contribution in [-0.2, 0) is 11.3 Å². The second-order valence-electron chi connectivity index (χ2n) is 5.92.